The number of rotatable bonds is 5. The molecule has 4 aliphatic carbocycles. The second-order valence-electron chi connectivity index (χ2n) is 21.2. The molecule has 4 nitrogen and oxygen atoms in total. The third-order valence-corrected chi connectivity index (χ3v) is 16.1. The van der Waals surface area contributed by atoms with Gasteiger partial charge in [0.15, 0.2) is 11.6 Å². The van der Waals surface area contributed by atoms with Gasteiger partial charge in [0.2, 0.25) is 5.95 Å². The Morgan fingerprint density at radius 2 is 0.731 bits per heavy atom. The lowest BCUT2D eigenvalue weighted by atomic mass is 9.80. The monoisotopic (exact) mass is 864 g/mol. The minimum Gasteiger partial charge on any atom is -0.279 e. The van der Waals surface area contributed by atoms with E-state index in [1.807, 2.05) is 0 Å². The first-order chi connectivity index (χ1) is 32.3. The smallest absolute Gasteiger partial charge is 0.238 e. The minimum absolute atomic E-state index is 0.124. The van der Waals surface area contributed by atoms with Gasteiger partial charge in [0.1, 0.15) is 0 Å². The molecule has 0 N–H and O–H groups in total. The summed E-state index contributed by atoms with van der Waals surface area (Å²) >= 11 is 0. The van der Waals surface area contributed by atoms with Gasteiger partial charge in [-0.25, -0.2) is 4.98 Å². The molecule has 9 aromatic rings. The zero-order valence-electron chi connectivity index (χ0n) is 39.5. The Morgan fingerprint density at radius 1 is 0.313 bits per heavy atom. The Kier molecular flexibility index (Phi) is 8.08. The zero-order valence-corrected chi connectivity index (χ0v) is 39.5. The van der Waals surface area contributed by atoms with E-state index in [9.17, 15) is 0 Å². The van der Waals surface area contributed by atoms with E-state index in [0.717, 1.165) is 22.5 Å². The fourth-order valence-corrected chi connectivity index (χ4v) is 12.8. The van der Waals surface area contributed by atoms with Gasteiger partial charge in [-0.15, -0.1) is 0 Å². The Labute approximate surface area is 394 Å². The van der Waals surface area contributed by atoms with Crippen LogP contribution in [-0.2, 0) is 21.7 Å². The van der Waals surface area contributed by atoms with E-state index in [1.54, 1.807) is 0 Å². The topological polar surface area (TPSA) is 41.9 Å². The molecule has 0 bridgehead atoms. The average Bonchev–Trinajstić information content (AvgIpc) is 3.92. The summed E-state index contributed by atoms with van der Waals surface area (Å²) in [5.41, 5.74) is 23.7. The molecule has 324 valence electrons. The lowest BCUT2D eigenvalue weighted by Gasteiger charge is -2.31. The van der Waals surface area contributed by atoms with Crippen molar-refractivity contribution >= 4 is 17.3 Å². The van der Waals surface area contributed by atoms with Crippen LogP contribution in [0.5, 0.6) is 0 Å². The van der Waals surface area contributed by atoms with Crippen molar-refractivity contribution in [1.29, 1.82) is 0 Å². The molecular formula is C63H52N4. The Balaban J connectivity index is 1.11. The molecule has 0 aliphatic heterocycles. The number of nitrogens with zero attached hydrogens (tertiary/aromatic N) is 4. The number of fused-ring (bicyclic) bond motifs is 12. The first-order valence-electron chi connectivity index (χ1n) is 23.8. The molecule has 0 amide bonds. The van der Waals surface area contributed by atoms with Crippen LogP contribution in [0.2, 0.25) is 0 Å². The molecule has 4 heteroatoms. The second kappa shape index (κ2) is 13.6. The molecule has 0 saturated heterocycles. The molecule has 0 atom stereocenters. The first kappa shape index (κ1) is 39.9. The van der Waals surface area contributed by atoms with E-state index >= 15 is 0 Å². The van der Waals surface area contributed by atoms with Crippen LogP contribution in [0, 0.1) is 0 Å². The van der Waals surface area contributed by atoms with Crippen LogP contribution >= 0.6 is 0 Å². The van der Waals surface area contributed by atoms with E-state index in [-0.39, 0.29) is 21.7 Å². The Hall–Kier alpha value is -7.43. The summed E-state index contributed by atoms with van der Waals surface area (Å²) in [7, 11) is 0. The highest BCUT2D eigenvalue weighted by Gasteiger charge is 2.42. The maximum absolute atomic E-state index is 5.71. The fourth-order valence-electron chi connectivity index (χ4n) is 12.8. The SMILES string of the molecule is CC1(C)c2ccccc2-c2cc(-c3nc(-c4cccc5c4C(C)(C)c4ccccc4-5)nc(N(c4ccc5c(c4)-c4ccccc4C5(C)C)c4cccc5c4C(C)(C)c4ccccc4-5)n3)ccc21. The molecule has 0 spiro atoms. The molecule has 0 fully saturated rings. The molecule has 1 aromatic heterocycles. The summed E-state index contributed by atoms with van der Waals surface area (Å²) in [5.74, 6) is 1.88. The number of hydrogen-bond acceptors (Lipinski definition) is 4. The average molecular weight is 865 g/mol. The summed E-state index contributed by atoms with van der Waals surface area (Å²) in [6.45, 7) is 18.8. The van der Waals surface area contributed by atoms with Crippen molar-refractivity contribution in [2.45, 2.75) is 77.0 Å². The molecule has 13 rings (SSSR count). The summed E-state index contributed by atoms with van der Waals surface area (Å²) < 4.78 is 0. The lowest BCUT2D eigenvalue weighted by molar-refractivity contribution is 0.659. The quantitative estimate of drug-likeness (QED) is 0.173. The summed E-state index contributed by atoms with van der Waals surface area (Å²) in [5, 5.41) is 0. The van der Waals surface area contributed by atoms with Gasteiger partial charge in [-0.2, -0.15) is 9.97 Å². The zero-order chi connectivity index (χ0) is 45.8. The summed E-state index contributed by atoms with van der Waals surface area (Å²) in [6.07, 6.45) is 0. The van der Waals surface area contributed by atoms with E-state index in [0.29, 0.717) is 17.6 Å². The van der Waals surface area contributed by atoms with Gasteiger partial charge < -0.3 is 0 Å². The largest absolute Gasteiger partial charge is 0.279 e. The van der Waals surface area contributed by atoms with Crippen molar-refractivity contribution < 1.29 is 0 Å². The maximum atomic E-state index is 5.71. The minimum atomic E-state index is -0.305. The Bertz CT molecular complexity index is 3610. The van der Waals surface area contributed by atoms with Gasteiger partial charge in [-0.1, -0.05) is 201 Å². The highest BCUT2D eigenvalue weighted by Crippen LogP contribution is 2.57. The predicted octanol–water partition coefficient (Wildman–Crippen LogP) is 15.9. The number of aromatic nitrogens is 3. The van der Waals surface area contributed by atoms with Gasteiger partial charge in [0, 0.05) is 38.5 Å². The van der Waals surface area contributed by atoms with Crippen molar-refractivity contribution in [2.24, 2.45) is 0 Å². The molecule has 0 saturated carbocycles. The number of hydrogen-bond donors (Lipinski definition) is 0. The fraction of sp³-hybridized carbons (Fsp3) is 0.190. The molecule has 4 aliphatic rings. The highest BCUT2D eigenvalue weighted by molar-refractivity contribution is 5.93. The van der Waals surface area contributed by atoms with Gasteiger partial charge in [0.05, 0.1) is 5.69 Å². The van der Waals surface area contributed by atoms with Crippen LogP contribution in [0.25, 0.3) is 67.3 Å². The van der Waals surface area contributed by atoms with Gasteiger partial charge in [-0.3, -0.25) is 4.90 Å². The molecule has 1 heterocycles. The van der Waals surface area contributed by atoms with Crippen LogP contribution in [0.3, 0.4) is 0 Å². The molecule has 0 unspecified atom stereocenters. The molecule has 8 aromatic carbocycles. The van der Waals surface area contributed by atoms with Crippen LogP contribution < -0.4 is 4.90 Å². The number of benzene rings is 8. The van der Waals surface area contributed by atoms with Crippen molar-refractivity contribution in [3.8, 4) is 67.3 Å². The Morgan fingerprint density at radius 3 is 1.33 bits per heavy atom. The standard InChI is InChI=1S/C63H52N4/c1-60(2)48-26-13-11-21-41(48)46-35-37(31-33-52(46)60)57-64-58(45-25-17-23-43-39-19-9-15-28-50(39)62(5,6)55(43)45)66-59(65-57)67(38-32-34-53-47(36-38)42-22-12-14-27-49(42)61(53,3)4)54-30-18-24-44-40-20-10-16-29-51(40)63(7,8)56(44)54/h9-36H,1-8H3. The van der Waals surface area contributed by atoms with E-state index in [4.69, 9.17) is 15.0 Å². The third-order valence-electron chi connectivity index (χ3n) is 16.1. The van der Waals surface area contributed by atoms with Crippen LogP contribution in [0.1, 0.15) is 99.9 Å². The van der Waals surface area contributed by atoms with E-state index in [2.05, 4.69) is 230 Å². The molecule has 67 heavy (non-hydrogen) atoms. The van der Waals surface area contributed by atoms with Crippen molar-refractivity contribution in [1.82, 2.24) is 15.0 Å². The van der Waals surface area contributed by atoms with Gasteiger partial charge in [0.25, 0.3) is 0 Å². The van der Waals surface area contributed by atoms with Crippen molar-refractivity contribution in [3.05, 3.63) is 214 Å². The van der Waals surface area contributed by atoms with E-state index < -0.39 is 0 Å². The van der Waals surface area contributed by atoms with E-state index in [1.165, 1.54) is 89.0 Å². The maximum Gasteiger partial charge on any atom is 0.238 e. The molecule has 0 radical (unpaired) electrons. The van der Waals surface area contributed by atoms with Crippen LogP contribution in [0.15, 0.2) is 170 Å². The molecular weight excluding hydrogens is 813 g/mol. The third kappa shape index (κ3) is 5.38. The van der Waals surface area contributed by atoms with Gasteiger partial charge >= 0.3 is 0 Å². The van der Waals surface area contributed by atoms with Crippen molar-refractivity contribution in [3.63, 3.8) is 0 Å². The highest BCUT2D eigenvalue weighted by atomic mass is 15.3. The first-order valence-corrected chi connectivity index (χ1v) is 23.8. The van der Waals surface area contributed by atoms with Crippen LogP contribution in [0.4, 0.5) is 17.3 Å². The van der Waals surface area contributed by atoms with Crippen molar-refractivity contribution in [2.75, 3.05) is 4.90 Å². The number of anilines is 3. The second-order valence-corrected chi connectivity index (χ2v) is 21.2. The normalized spacial score (nSPS) is 16.2. The summed E-state index contributed by atoms with van der Waals surface area (Å²) in [4.78, 5) is 19.3. The lowest BCUT2D eigenvalue weighted by Crippen LogP contribution is -2.23. The summed E-state index contributed by atoms with van der Waals surface area (Å²) in [6, 6.07) is 62.7. The van der Waals surface area contributed by atoms with Gasteiger partial charge in [-0.05, 0) is 113 Å². The van der Waals surface area contributed by atoms with Crippen LogP contribution in [-0.4, -0.2) is 15.0 Å². The predicted molar refractivity (Wildman–Crippen MR) is 276 cm³/mol.